The van der Waals surface area contributed by atoms with Gasteiger partial charge in [-0.3, -0.25) is 14.9 Å². The first-order chi connectivity index (χ1) is 13.3. The van der Waals surface area contributed by atoms with Crippen molar-refractivity contribution in [2.45, 2.75) is 0 Å². The van der Waals surface area contributed by atoms with Gasteiger partial charge in [-0.1, -0.05) is 23.2 Å². The first-order valence-corrected chi connectivity index (χ1v) is 8.41. The SMILES string of the molecule is COc1cc(OC)c([N+](=O)[O-])cc1/C=N/NC(=O)COc1ccc(Cl)cc1Cl. The van der Waals surface area contributed by atoms with Crippen molar-refractivity contribution in [3.63, 3.8) is 0 Å². The topological polar surface area (TPSA) is 112 Å². The molecule has 11 heteroatoms. The second-order valence-electron chi connectivity index (χ2n) is 5.18. The van der Waals surface area contributed by atoms with Crippen molar-refractivity contribution < 1.29 is 23.9 Å². The second kappa shape index (κ2) is 9.77. The van der Waals surface area contributed by atoms with Crippen molar-refractivity contribution in [1.82, 2.24) is 5.43 Å². The molecule has 0 aliphatic carbocycles. The van der Waals surface area contributed by atoms with Gasteiger partial charge in [0.15, 0.2) is 6.61 Å². The summed E-state index contributed by atoms with van der Waals surface area (Å²) in [6, 6.07) is 7.16. The summed E-state index contributed by atoms with van der Waals surface area (Å²) in [6.45, 7) is -0.349. The van der Waals surface area contributed by atoms with Crippen LogP contribution in [0.2, 0.25) is 10.0 Å². The molecule has 1 amide bonds. The lowest BCUT2D eigenvalue weighted by molar-refractivity contribution is -0.385. The van der Waals surface area contributed by atoms with Crippen LogP contribution < -0.4 is 19.6 Å². The van der Waals surface area contributed by atoms with Gasteiger partial charge in [-0.2, -0.15) is 5.10 Å². The van der Waals surface area contributed by atoms with E-state index in [0.29, 0.717) is 5.02 Å². The van der Waals surface area contributed by atoms with Crippen LogP contribution in [-0.4, -0.2) is 37.9 Å². The molecule has 0 saturated carbocycles. The van der Waals surface area contributed by atoms with Crippen molar-refractivity contribution in [3.8, 4) is 17.2 Å². The fourth-order valence-electron chi connectivity index (χ4n) is 2.09. The molecule has 0 saturated heterocycles. The number of rotatable bonds is 8. The molecule has 0 aliphatic heterocycles. The molecule has 0 spiro atoms. The van der Waals surface area contributed by atoms with Crippen LogP contribution >= 0.6 is 23.2 Å². The minimum atomic E-state index is -0.599. The van der Waals surface area contributed by atoms with E-state index in [0.717, 1.165) is 0 Å². The first-order valence-electron chi connectivity index (χ1n) is 7.66. The normalized spacial score (nSPS) is 10.6. The minimum Gasteiger partial charge on any atom is -0.496 e. The maximum atomic E-state index is 11.8. The highest BCUT2D eigenvalue weighted by molar-refractivity contribution is 6.35. The van der Waals surface area contributed by atoms with E-state index in [1.165, 1.54) is 44.7 Å². The Morgan fingerprint density at radius 1 is 1.18 bits per heavy atom. The van der Waals surface area contributed by atoms with Gasteiger partial charge >= 0.3 is 5.69 Å². The van der Waals surface area contributed by atoms with Crippen LogP contribution in [0.3, 0.4) is 0 Å². The Labute approximate surface area is 169 Å². The molecular weight excluding hydrogens is 413 g/mol. The molecular formula is C17H15Cl2N3O6. The van der Waals surface area contributed by atoms with Gasteiger partial charge in [0.2, 0.25) is 5.75 Å². The lowest BCUT2D eigenvalue weighted by Crippen LogP contribution is -2.24. The monoisotopic (exact) mass is 427 g/mol. The van der Waals surface area contributed by atoms with E-state index in [1.807, 2.05) is 0 Å². The second-order valence-corrected chi connectivity index (χ2v) is 6.02. The number of amides is 1. The average Bonchev–Trinajstić information content (AvgIpc) is 2.66. The van der Waals surface area contributed by atoms with Crippen LogP contribution in [-0.2, 0) is 4.79 Å². The van der Waals surface area contributed by atoms with Crippen LogP contribution in [0.15, 0.2) is 35.4 Å². The fourth-order valence-corrected chi connectivity index (χ4v) is 2.55. The summed E-state index contributed by atoms with van der Waals surface area (Å²) < 4.78 is 15.4. The zero-order valence-corrected chi connectivity index (χ0v) is 16.3. The number of nitro benzene ring substituents is 1. The highest BCUT2D eigenvalue weighted by Gasteiger charge is 2.19. The quantitative estimate of drug-likeness (QED) is 0.392. The van der Waals surface area contributed by atoms with Gasteiger partial charge in [0.05, 0.1) is 30.4 Å². The molecule has 2 rings (SSSR count). The third-order valence-electron chi connectivity index (χ3n) is 3.37. The predicted molar refractivity (Wildman–Crippen MR) is 104 cm³/mol. The smallest absolute Gasteiger partial charge is 0.311 e. The van der Waals surface area contributed by atoms with Gasteiger partial charge in [0, 0.05) is 22.7 Å². The Bertz CT molecular complexity index is 920. The third-order valence-corrected chi connectivity index (χ3v) is 3.90. The zero-order valence-electron chi connectivity index (χ0n) is 14.8. The Balaban J connectivity index is 2.04. The van der Waals surface area contributed by atoms with E-state index in [2.05, 4.69) is 10.5 Å². The van der Waals surface area contributed by atoms with Crippen LogP contribution in [0.25, 0.3) is 0 Å². The Morgan fingerprint density at radius 2 is 1.89 bits per heavy atom. The number of hydrogen-bond acceptors (Lipinski definition) is 7. The fraction of sp³-hybridized carbons (Fsp3) is 0.176. The van der Waals surface area contributed by atoms with Crippen molar-refractivity contribution in [1.29, 1.82) is 0 Å². The van der Waals surface area contributed by atoms with Gasteiger partial charge < -0.3 is 14.2 Å². The molecule has 1 N–H and O–H groups in total. The largest absolute Gasteiger partial charge is 0.496 e. The molecule has 0 heterocycles. The lowest BCUT2D eigenvalue weighted by Gasteiger charge is -2.08. The number of nitrogens with zero attached hydrogens (tertiary/aromatic N) is 2. The number of benzene rings is 2. The van der Waals surface area contributed by atoms with Gasteiger partial charge in [0.1, 0.15) is 11.5 Å². The van der Waals surface area contributed by atoms with Gasteiger partial charge in [-0.25, -0.2) is 5.43 Å². The molecule has 0 radical (unpaired) electrons. The number of halogens is 2. The molecule has 9 nitrogen and oxygen atoms in total. The van der Waals surface area contributed by atoms with Crippen LogP contribution in [0.5, 0.6) is 17.2 Å². The summed E-state index contributed by atoms with van der Waals surface area (Å²) >= 11 is 11.7. The number of nitro groups is 1. The van der Waals surface area contributed by atoms with Gasteiger partial charge in [-0.15, -0.1) is 0 Å². The third kappa shape index (κ3) is 5.48. The molecule has 0 aromatic heterocycles. The molecule has 2 aromatic rings. The number of hydrazone groups is 1. The zero-order chi connectivity index (χ0) is 20.7. The maximum absolute atomic E-state index is 11.8. The van der Waals surface area contributed by atoms with Gasteiger partial charge in [0.25, 0.3) is 5.91 Å². The van der Waals surface area contributed by atoms with Crippen LogP contribution in [0.4, 0.5) is 5.69 Å². The molecule has 148 valence electrons. The standard InChI is InChI=1S/C17H15Cl2N3O6/c1-26-15-7-16(27-2)13(22(24)25)5-10(15)8-20-21-17(23)9-28-14-4-3-11(18)6-12(14)19/h3-8H,9H2,1-2H3,(H,21,23)/b20-8+. The summed E-state index contributed by atoms with van der Waals surface area (Å²) in [5.41, 5.74) is 2.25. The van der Waals surface area contributed by atoms with E-state index >= 15 is 0 Å². The summed E-state index contributed by atoms with van der Waals surface area (Å²) in [4.78, 5) is 22.4. The number of ether oxygens (including phenoxy) is 3. The molecule has 0 atom stereocenters. The van der Waals surface area contributed by atoms with Gasteiger partial charge in [-0.05, 0) is 18.2 Å². The summed E-state index contributed by atoms with van der Waals surface area (Å²) in [5.74, 6) is 0.0443. The summed E-state index contributed by atoms with van der Waals surface area (Å²) in [5, 5.41) is 15.6. The number of hydrogen-bond donors (Lipinski definition) is 1. The number of carbonyl (C=O) groups is 1. The summed E-state index contributed by atoms with van der Waals surface area (Å²) in [6.07, 6.45) is 1.21. The Kier molecular flexibility index (Phi) is 7.42. The van der Waals surface area contributed by atoms with E-state index in [9.17, 15) is 14.9 Å². The lowest BCUT2D eigenvalue weighted by atomic mass is 10.1. The molecule has 0 aliphatic rings. The highest BCUT2D eigenvalue weighted by atomic mass is 35.5. The molecule has 0 fully saturated rings. The average molecular weight is 428 g/mol. The van der Waals surface area contributed by atoms with E-state index in [4.69, 9.17) is 37.4 Å². The van der Waals surface area contributed by atoms with Crippen molar-refractivity contribution in [3.05, 3.63) is 56.1 Å². The summed E-state index contributed by atoms with van der Waals surface area (Å²) in [7, 11) is 2.70. The van der Waals surface area contributed by atoms with E-state index in [-0.39, 0.29) is 40.1 Å². The van der Waals surface area contributed by atoms with Crippen molar-refractivity contribution >= 4 is 41.0 Å². The minimum absolute atomic E-state index is 0.0382. The molecule has 28 heavy (non-hydrogen) atoms. The van der Waals surface area contributed by atoms with Crippen LogP contribution in [0.1, 0.15) is 5.56 Å². The van der Waals surface area contributed by atoms with Crippen molar-refractivity contribution in [2.75, 3.05) is 20.8 Å². The predicted octanol–water partition coefficient (Wildman–Crippen LogP) is 3.45. The Morgan fingerprint density at radius 3 is 2.50 bits per heavy atom. The van der Waals surface area contributed by atoms with Crippen LogP contribution in [0, 0.1) is 10.1 Å². The number of nitrogens with one attached hydrogen (secondary N) is 1. The molecule has 2 aromatic carbocycles. The maximum Gasteiger partial charge on any atom is 0.311 e. The number of carbonyl (C=O) groups excluding carboxylic acids is 1. The highest BCUT2D eigenvalue weighted by Crippen LogP contribution is 2.33. The Hall–Kier alpha value is -3.04. The molecule has 0 unspecified atom stereocenters. The van der Waals surface area contributed by atoms with Crippen molar-refractivity contribution in [2.24, 2.45) is 5.10 Å². The van der Waals surface area contributed by atoms with E-state index < -0.39 is 10.8 Å². The molecule has 0 bridgehead atoms. The van der Waals surface area contributed by atoms with E-state index in [1.54, 1.807) is 6.07 Å². The first kappa shape index (κ1) is 21.3. The number of methoxy groups -OCH3 is 2.